The van der Waals surface area contributed by atoms with Crippen molar-refractivity contribution in [3.63, 3.8) is 0 Å². The molecule has 16 heavy (non-hydrogen) atoms. The molecular weight excluding hydrogens is 218 g/mol. The van der Waals surface area contributed by atoms with Crippen molar-refractivity contribution in [2.45, 2.75) is 25.6 Å². The summed E-state index contributed by atoms with van der Waals surface area (Å²) in [7, 11) is 1.73. The first-order valence-corrected chi connectivity index (χ1v) is 7.01. The van der Waals surface area contributed by atoms with Crippen LogP contribution in [0.4, 0.5) is 0 Å². The zero-order valence-electron chi connectivity index (χ0n) is 10.5. The molecule has 0 saturated heterocycles. The van der Waals surface area contributed by atoms with Crippen LogP contribution in [-0.2, 0) is 5.75 Å². The highest BCUT2D eigenvalue weighted by Crippen LogP contribution is 2.26. The van der Waals surface area contributed by atoms with E-state index >= 15 is 0 Å². The third-order valence-electron chi connectivity index (χ3n) is 2.61. The Hall–Kier alpha value is -0.670. The second-order valence-corrected chi connectivity index (χ2v) is 4.65. The highest BCUT2D eigenvalue weighted by atomic mass is 32.2. The van der Waals surface area contributed by atoms with Gasteiger partial charge >= 0.3 is 0 Å². The van der Waals surface area contributed by atoms with Crippen molar-refractivity contribution < 1.29 is 4.74 Å². The predicted octanol–water partition coefficient (Wildman–Crippen LogP) is 3.23. The predicted molar refractivity (Wildman–Crippen MR) is 72.3 cm³/mol. The van der Waals surface area contributed by atoms with Crippen molar-refractivity contribution in [3.8, 4) is 5.75 Å². The molecule has 1 aromatic rings. The highest BCUT2D eigenvalue weighted by Gasteiger charge is 2.08. The minimum atomic E-state index is 0.400. The van der Waals surface area contributed by atoms with Gasteiger partial charge in [-0.15, -0.1) is 0 Å². The second kappa shape index (κ2) is 6.81. The summed E-state index contributed by atoms with van der Waals surface area (Å²) in [6, 6.07) is 6.84. The summed E-state index contributed by atoms with van der Waals surface area (Å²) < 4.78 is 5.36. The van der Waals surface area contributed by atoms with Gasteiger partial charge in [0.05, 0.1) is 7.11 Å². The number of thioether (sulfide) groups is 1. The topological polar surface area (TPSA) is 21.3 Å². The lowest BCUT2D eigenvalue weighted by molar-refractivity contribution is 0.411. The molecule has 1 unspecified atom stereocenters. The first-order valence-electron chi connectivity index (χ1n) is 5.62. The van der Waals surface area contributed by atoms with Gasteiger partial charge in [0.15, 0.2) is 0 Å². The first-order chi connectivity index (χ1) is 7.72. The largest absolute Gasteiger partial charge is 0.496 e. The Morgan fingerprint density at radius 3 is 2.75 bits per heavy atom. The van der Waals surface area contributed by atoms with E-state index in [9.17, 15) is 0 Å². The molecule has 1 atom stereocenters. The number of benzene rings is 1. The first kappa shape index (κ1) is 13.4. The zero-order chi connectivity index (χ0) is 12.0. The van der Waals surface area contributed by atoms with Crippen molar-refractivity contribution >= 4 is 11.8 Å². The molecule has 0 amide bonds. The molecule has 0 aliphatic carbocycles. The van der Waals surface area contributed by atoms with E-state index in [4.69, 9.17) is 4.74 Å². The van der Waals surface area contributed by atoms with Crippen molar-refractivity contribution in [2.24, 2.45) is 0 Å². The summed E-state index contributed by atoms with van der Waals surface area (Å²) in [6.07, 6.45) is 2.11. The minimum Gasteiger partial charge on any atom is -0.496 e. The van der Waals surface area contributed by atoms with E-state index in [1.807, 2.05) is 11.8 Å². The Morgan fingerprint density at radius 2 is 2.19 bits per heavy atom. The molecule has 1 aromatic carbocycles. The molecule has 0 radical (unpaired) electrons. The van der Waals surface area contributed by atoms with Gasteiger partial charge in [0.2, 0.25) is 0 Å². The molecule has 0 bridgehead atoms. The fraction of sp³-hybridized carbons (Fsp3) is 0.538. The monoisotopic (exact) mass is 239 g/mol. The van der Waals surface area contributed by atoms with E-state index in [0.29, 0.717) is 6.04 Å². The Balaban J connectivity index is 2.91. The molecule has 1 rings (SSSR count). The smallest absolute Gasteiger partial charge is 0.122 e. The van der Waals surface area contributed by atoms with Crippen LogP contribution in [0.3, 0.4) is 0 Å². The maximum Gasteiger partial charge on any atom is 0.122 e. The van der Waals surface area contributed by atoms with Crippen LogP contribution in [-0.4, -0.2) is 19.9 Å². The quantitative estimate of drug-likeness (QED) is 0.823. The van der Waals surface area contributed by atoms with Gasteiger partial charge in [-0.25, -0.2) is 0 Å². The Bertz CT molecular complexity index is 328. The lowest BCUT2D eigenvalue weighted by Crippen LogP contribution is -2.17. The van der Waals surface area contributed by atoms with Crippen LogP contribution in [0.25, 0.3) is 0 Å². The van der Waals surface area contributed by atoms with Crippen LogP contribution in [0.2, 0.25) is 0 Å². The maximum atomic E-state index is 5.36. The minimum absolute atomic E-state index is 0.400. The maximum absolute atomic E-state index is 5.36. The standard InChI is InChI=1S/C13H21NOS/c1-5-14-10(2)11-6-7-13(15-3)12(8-11)9-16-4/h6-8,10,14H,5,9H2,1-4H3. The average molecular weight is 239 g/mol. The number of rotatable bonds is 6. The van der Waals surface area contributed by atoms with Crippen LogP contribution < -0.4 is 10.1 Å². The number of hydrogen-bond acceptors (Lipinski definition) is 3. The normalized spacial score (nSPS) is 12.5. The lowest BCUT2D eigenvalue weighted by Gasteiger charge is -2.15. The van der Waals surface area contributed by atoms with Gasteiger partial charge in [-0.1, -0.05) is 13.0 Å². The molecule has 0 aromatic heterocycles. The lowest BCUT2D eigenvalue weighted by atomic mass is 10.0. The fourth-order valence-corrected chi connectivity index (χ4v) is 2.30. The van der Waals surface area contributed by atoms with Crippen molar-refractivity contribution in [1.82, 2.24) is 5.32 Å². The van der Waals surface area contributed by atoms with Crippen molar-refractivity contribution in [1.29, 1.82) is 0 Å². The third kappa shape index (κ3) is 3.42. The molecule has 0 aliphatic heterocycles. The van der Waals surface area contributed by atoms with E-state index in [-0.39, 0.29) is 0 Å². The number of ether oxygens (including phenoxy) is 1. The van der Waals surface area contributed by atoms with Crippen LogP contribution in [0, 0.1) is 0 Å². The molecule has 1 N–H and O–H groups in total. The van der Waals surface area contributed by atoms with Gasteiger partial charge in [0.25, 0.3) is 0 Å². The number of nitrogens with one attached hydrogen (secondary N) is 1. The number of methoxy groups -OCH3 is 1. The van der Waals surface area contributed by atoms with Gasteiger partial charge in [-0.2, -0.15) is 11.8 Å². The van der Waals surface area contributed by atoms with Crippen molar-refractivity contribution in [2.75, 3.05) is 19.9 Å². The molecule has 0 aliphatic rings. The third-order valence-corrected chi connectivity index (χ3v) is 3.21. The average Bonchev–Trinajstić information content (AvgIpc) is 2.29. The molecule has 3 heteroatoms. The fourth-order valence-electron chi connectivity index (χ4n) is 1.76. The van der Waals surface area contributed by atoms with Gasteiger partial charge in [-0.05, 0) is 37.4 Å². The molecule has 0 fully saturated rings. The van der Waals surface area contributed by atoms with E-state index in [2.05, 4.69) is 43.6 Å². The molecule has 2 nitrogen and oxygen atoms in total. The van der Waals surface area contributed by atoms with E-state index < -0.39 is 0 Å². The summed E-state index contributed by atoms with van der Waals surface area (Å²) in [5, 5.41) is 3.42. The van der Waals surface area contributed by atoms with Crippen LogP contribution in [0.15, 0.2) is 18.2 Å². The van der Waals surface area contributed by atoms with Crippen LogP contribution in [0.1, 0.15) is 31.0 Å². The SMILES string of the molecule is CCNC(C)c1ccc(OC)c(CSC)c1. The van der Waals surface area contributed by atoms with Crippen LogP contribution in [0.5, 0.6) is 5.75 Å². The van der Waals surface area contributed by atoms with E-state index in [1.54, 1.807) is 7.11 Å². The Kier molecular flexibility index (Phi) is 5.71. The molecule has 90 valence electrons. The highest BCUT2D eigenvalue weighted by molar-refractivity contribution is 7.97. The van der Waals surface area contributed by atoms with Crippen molar-refractivity contribution in [3.05, 3.63) is 29.3 Å². The van der Waals surface area contributed by atoms with Gasteiger partial charge in [0.1, 0.15) is 5.75 Å². The summed E-state index contributed by atoms with van der Waals surface area (Å²) in [6.45, 7) is 5.31. The molecule has 0 saturated carbocycles. The van der Waals surface area contributed by atoms with Crippen LogP contribution >= 0.6 is 11.8 Å². The van der Waals surface area contributed by atoms with Gasteiger partial charge in [-0.3, -0.25) is 0 Å². The molecule has 0 spiro atoms. The summed E-state index contributed by atoms with van der Waals surface area (Å²) in [4.78, 5) is 0. The molecule has 0 heterocycles. The summed E-state index contributed by atoms with van der Waals surface area (Å²) in [5.41, 5.74) is 2.60. The van der Waals surface area contributed by atoms with E-state index in [1.165, 1.54) is 11.1 Å². The molecular formula is C13H21NOS. The number of hydrogen-bond donors (Lipinski definition) is 1. The van der Waals surface area contributed by atoms with E-state index in [0.717, 1.165) is 18.0 Å². The van der Waals surface area contributed by atoms with Gasteiger partial charge in [0, 0.05) is 17.4 Å². The second-order valence-electron chi connectivity index (χ2n) is 3.78. The Morgan fingerprint density at radius 1 is 1.44 bits per heavy atom. The van der Waals surface area contributed by atoms with Gasteiger partial charge < -0.3 is 10.1 Å². The Labute approximate surface area is 103 Å². The summed E-state index contributed by atoms with van der Waals surface area (Å²) >= 11 is 1.82. The zero-order valence-corrected chi connectivity index (χ0v) is 11.4. The summed E-state index contributed by atoms with van der Waals surface area (Å²) in [5.74, 6) is 1.98.